The van der Waals surface area contributed by atoms with Crippen LogP contribution in [-0.4, -0.2) is 24.4 Å². The zero-order valence-electron chi connectivity index (χ0n) is 11.5. The molecule has 2 fully saturated rings. The van der Waals surface area contributed by atoms with Crippen molar-refractivity contribution in [3.05, 3.63) is 29.8 Å². The van der Waals surface area contributed by atoms with Crippen LogP contribution in [0, 0.1) is 5.92 Å². The first-order valence-corrected chi connectivity index (χ1v) is 7.18. The van der Waals surface area contributed by atoms with E-state index in [-0.39, 0.29) is 11.7 Å². The highest BCUT2D eigenvalue weighted by molar-refractivity contribution is 5.28. The van der Waals surface area contributed by atoms with E-state index in [1.165, 1.54) is 19.3 Å². The molecule has 3 rings (SSSR count). The first-order chi connectivity index (χ1) is 9.22. The molecule has 1 saturated carbocycles. The van der Waals surface area contributed by atoms with Crippen LogP contribution in [0.15, 0.2) is 24.3 Å². The molecule has 3 nitrogen and oxygen atoms in total. The SMILES string of the molecule is COc1ccc(C(O)C2CCOC3(CCC3)C2)cc1. The molecule has 0 amide bonds. The lowest BCUT2D eigenvalue weighted by atomic mass is 9.70. The van der Waals surface area contributed by atoms with E-state index in [1.807, 2.05) is 24.3 Å². The van der Waals surface area contributed by atoms with Crippen LogP contribution in [0.1, 0.15) is 43.8 Å². The van der Waals surface area contributed by atoms with Gasteiger partial charge in [0.05, 0.1) is 18.8 Å². The second kappa shape index (κ2) is 5.14. The fourth-order valence-electron chi connectivity index (χ4n) is 3.33. The van der Waals surface area contributed by atoms with Crippen molar-refractivity contribution in [3.63, 3.8) is 0 Å². The molecule has 1 aromatic rings. The summed E-state index contributed by atoms with van der Waals surface area (Å²) in [6, 6.07) is 7.76. The van der Waals surface area contributed by atoms with E-state index in [4.69, 9.17) is 9.47 Å². The van der Waals surface area contributed by atoms with Crippen LogP contribution >= 0.6 is 0 Å². The quantitative estimate of drug-likeness (QED) is 0.909. The average Bonchev–Trinajstić information content (AvgIpc) is 2.45. The van der Waals surface area contributed by atoms with Crippen LogP contribution in [0.3, 0.4) is 0 Å². The number of hydrogen-bond acceptors (Lipinski definition) is 3. The van der Waals surface area contributed by atoms with Crippen LogP contribution in [0.5, 0.6) is 5.75 Å². The van der Waals surface area contributed by atoms with Gasteiger partial charge in [-0.1, -0.05) is 12.1 Å². The molecule has 0 bridgehead atoms. The van der Waals surface area contributed by atoms with Crippen molar-refractivity contribution in [1.29, 1.82) is 0 Å². The molecular weight excluding hydrogens is 240 g/mol. The largest absolute Gasteiger partial charge is 0.497 e. The van der Waals surface area contributed by atoms with E-state index >= 15 is 0 Å². The zero-order chi connectivity index (χ0) is 13.3. The maximum Gasteiger partial charge on any atom is 0.118 e. The van der Waals surface area contributed by atoms with Gasteiger partial charge in [0.15, 0.2) is 0 Å². The molecular formula is C16H22O3. The number of aliphatic hydroxyl groups excluding tert-OH is 1. The van der Waals surface area contributed by atoms with Crippen molar-refractivity contribution >= 4 is 0 Å². The Morgan fingerprint density at radius 1 is 1.32 bits per heavy atom. The number of aliphatic hydroxyl groups is 1. The summed E-state index contributed by atoms with van der Waals surface area (Å²) in [4.78, 5) is 0. The summed E-state index contributed by atoms with van der Waals surface area (Å²) in [7, 11) is 1.66. The second-order valence-corrected chi connectivity index (χ2v) is 5.86. The minimum absolute atomic E-state index is 0.0936. The predicted molar refractivity (Wildman–Crippen MR) is 73.2 cm³/mol. The van der Waals surface area contributed by atoms with Crippen molar-refractivity contribution in [3.8, 4) is 5.75 Å². The smallest absolute Gasteiger partial charge is 0.118 e. The first-order valence-electron chi connectivity index (χ1n) is 7.18. The average molecular weight is 262 g/mol. The Bertz CT molecular complexity index is 422. The normalized spacial score (nSPS) is 26.7. The molecule has 1 aliphatic carbocycles. The monoisotopic (exact) mass is 262 g/mol. The molecule has 1 aliphatic heterocycles. The van der Waals surface area contributed by atoms with Gasteiger partial charge in [-0.05, 0) is 55.7 Å². The van der Waals surface area contributed by atoms with Crippen molar-refractivity contribution in [2.75, 3.05) is 13.7 Å². The lowest BCUT2D eigenvalue weighted by Gasteiger charge is -2.48. The highest BCUT2D eigenvalue weighted by atomic mass is 16.5. The summed E-state index contributed by atoms with van der Waals surface area (Å²) in [5.41, 5.74) is 1.08. The third kappa shape index (κ3) is 2.49. The Hall–Kier alpha value is -1.06. The molecule has 1 N–H and O–H groups in total. The van der Waals surface area contributed by atoms with Gasteiger partial charge in [-0.2, -0.15) is 0 Å². The zero-order valence-corrected chi connectivity index (χ0v) is 11.5. The molecule has 0 radical (unpaired) electrons. The van der Waals surface area contributed by atoms with Crippen LogP contribution in [0.25, 0.3) is 0 Å². The lowest BCUT2D eigenvalue weighted by molar-refractivity contribution is -0.157. The van der Waals surface area contributed by atoms with E-state index < -0.39 is 0 Å². The maximum absolute atomic E-state index is 10.6. The highest BCUT2D eigenvalue weighted by Crippen LogP contribution is 2.47. The van der Waals surface area contributed by atoms with E-state index in [0.717, 1.165) is 30.8 Å². The number of hydrogen-bond donors (Lipinski definition) is 1. The van der Waals surface area contributed by atoms with E-state index in [9.17, 15) is 5.11 Å². The van der Waals surface area contributed by atoms with Crippen LogP contribution < -0.4 is 4.74 Å². The van der Waals surface area contributed by atoms with Crippen molar-refractivity contribution < 1.29 is 14.6 Å². The van der Waals surface area contributed by atoms with Crippen LogP contribution in [0.2, 0.25) is 0 Å². The van der Waals surface area contributed by atoms with E-state index in [1.54, 1.807) is 7.11 Å². The third-order valence-electron chi connectivity index (χ3n) is 4.70. The van der Waals surface area contributed by atoms with Gasteiger partial charge in [0.1, 0.15) is 5.75 Å². The molecule has 1 heterocycles. The van der Waals surface area contributed by atoms with Crippen molar-refractivity contribution in [2.45, 2.75) is 43.8 Å². The maximum atomic E-state index is 10.6. The fourth-order valence-corrected chi connectivity index (χ4v) is 3.33. The molecule has 1 spiro atoms. The minimum Gasteiger partial charge on any atom is -0.497 e. The molecule has 2 atom stereocenters. The fraction of sp³-hybridized carbons (Fsp3) is 0.625. The van der Waals surface area contributed by atoms with Gasteiger partial charge < -0.3 is 14.6 Å². The Labute approximate surface area is 114 Å². The summed E-state index contributed by atoms with van der Waals surface area (Å²) < 4.78 is 11.1. The molecule has 104 valence electrons. The van der Waals surface area contributed by atoms with E-state index in [0.29, 0.717) is 5.92 Å². The van der Waals surface area contributed by atoms with Crippen molar-refractivity contribution in [2.24, 2.45) is 5.92 Å². The summed E-state index contributed by atoms with van der Waals surface area (Å²) >= 11 is 0. The Kier molecular flexibility index (Phi) is 3.50. The lowest BCUT2D eigenvalue weighted by Crippen LogP contribution is -2.46. The van der Waals surface area contributed by atoms with Gasteiger partial charge in [-0.25, -0.2) is 0 Å². The number of benzene rings is 1. The Morgan fingerprint density at radius 3 is 2.63 bits per heavy atom. The summed E-state index contributed by atoms with van der Waals surface area (Å²) in [5.74, 6) is 1.15. The van der Waals surface area contributed by atoms with Crippen molar-refractivity contribution in [1.82, 2.24) is 0 Å². The standard InChI is InChI=1S/C16H22O3/c1-18-14-5-3-12(4-6-14)15(17)13-7-10-19-16(11-13)8-2-9-16/h3-6,13,15,17H,2,7-11H2,1H3. The highest BCUT2D eigenvalue weighted by Gasteiger charge is 2.44. The van der Waals surface area contributed by atoms with Gasteiger partial charge in [0.2, 0.25) is 0 Å². The van der Waals surface area contributed by atoms with Crippen LogP contribution in [0.4, 0.5) is 0 Å². The molecule has 3 heteroatoms. The second-order valence-electron chi connectivity index (χ2n) is 5.86. The van der Waals surface area contributed by atoms with Gasteiger partial charge in [0.25, 0.3) is 0 Å². The summed E-state index contributed by atoms with van der Waals surface area (Å²) in [6.45, 7) is 0.790. The Morgan fingerprint density at radius 2 is 2.05 bits per heavy atom. The molecule has 1 aromatic carbocycles. The predicted octanol–water partition coefficient (Wildman–Crippen LogP) is 3.08. The molecule has 19 heavy (non-hydrogen) atoms. The molecule has 1 saturated heterocycles. The topological polar surface area (TPSA) is 38.7 Å². The van der Waals surface area contributed by atoms with E-state index in [2.05, 4.69) is 0 Å². The Balaban J connectivity index is 1.69. The van der Waals surface area contributed by atoms with Gasteiger partial charge in [-0.15, -0.1) is 0 Å². The number of methoxy groups -OCH3 is 1. The molecule has 0 aromatic heterocycles. The van der Waals surface area contributed by atoms with Gasteiger partial charge in [-0.3, -0.25) is 0 Å². The summed E-state index contributed by atoms with van der Waals surface area (Å²) in [6.07, 6.45) is 5.17. The molecule has 2 aliphatic rings. The van der Waals surface area contributed by atoms with Gasteiger partial charge >= 0.3 is 0 Å². The first kappa shape index (κ1) is 12.9. The third-order valence-corrected chi connectivity index (χ3v) is 4.70. The number of rotatable bonds is 3. The molecule has 2 unspecified atom stereocenters. The van der Waals surface area contributed by atoms with Gasteiger partial charge in [0, 0.05) is 6.61 Å². The summed E-state index contributed by atoms with van der Waals surface area (Å²) in [5, 5.41) is 10.6. The number of ether oxygens (including phenoxy) is 2. The minimum atomic E-state index is -0.382. The van der Waals surface area contributed by atoms with Crippen LogP contribution in [-0.2, 0) is 4.74 Å².